The number of amides is 2. The molecule has 5 heteroatoms. The van der Waals surface area contributed by atoms with Crippen molar-refractivity contribution >= 4 is 11.8 Å². The van der Waals surface area contributed by atoms with E-state index in [4.69, 9.17) is 4.74 Å². The molecule has 1 saturated heterocycles. The standard InChI is InChI=1S/C27H28N2O3/c1-28-26(31)27(18-20-9-8-12-22(17-20)21-10-4-3-5-11-21)15-16-29(19-27)25(30)23-13-6-7-14-24(23)32-2/h3-14,17H,15-16,18-19H2,1-2H3,(H,28,31). The van der Waals surface area contributed by atoms with Crippen LogP contribution in [0.2, 0.25) is 0 Å². The molecule has 3 aromatic carbocycles. The molecule has 1 N–H and O–H groups in total. The smallest absolute Gasteiger partial charge is 0.257 e. The zero-order valence-corrected chi connectivity index (χ0v) is 18.5. The second kappa shape index (κ2) is 9.27. The number of carbonyl (C=O) groups excluding carboxylic acids is 2. The molecule has 1 unspecified atom stereocenters. The number of methoxy groups -OCH3 is 1. The Morgan fingerprint density at radius 1 is 0.969 bits per heavy atom. The third kappa shape index (κ3) is 4.24. The molecule has 3 aromatic rings. The summed E-state index contributed by atoms with van der Waals surface area (Å²) < 4.78 is 5.37. The maximum Gasteiger partial charge on any atom is 0.257 e. The first kappa shape index (κ1) is 21.6. The lowest BCUT2D eigenvalue weighted by atomic mass is 9.79. The second-order valence-electron chi connectivity index (χ2n) is 8.28. The first-order valence-corrected chi connectivity index (χ1v) is 10.9. The van der Waals surface area contributed by atoms with Gasteiger partial charge in [0.25, 0.3) is 5.91 Å². The van der Waals surface area contributed by atoms with Gasteiger partial charge in [0, 0.05) is 20.1 Å². The van der Waals surface area contributed by atoms with Crippen molar-refractivity contribution in [1.82, 2.24) is 10.2 Å². The van der Waals surface area contributed by atoms with Gasteiger partial charge in [-0.2, -0.15) is 0 Å². The fourth-order valence-corrected chi connectivity index (χ4v) is 4.59. The van der Waals surface area contributed by atoms with E-state index < -0.39 is 5.41 Å². The highest BCUT2D eigenvalue weighted by molar-refractivity contribution is 5.98. The number of para-hydroxylation sites is 1. The molecule has 32 heavy (non-hydrogen) atoms. The Bertz CT molecular complexity index is 1110. The summed E-state index contributed by atoms with van der Waals surface area (Å²) in [5.74, 6) is 0.412. The van der Waals surface area contributed by atoms with Gasteiger partial charge in [-0.25, -0.2) is 0 Å². The van der Waals surface area contributed by atoms with E-state index >= 15 is 0 Å². The van der Waals surface area contributed by atoms with E-state index in [9.17, 15) is 9.59 Å². The van der Waals surface area contributed by atoms with Crippen LogP contribution in [0.1, 0.15) is 22.3 Å². The quantitative estimate of drug-likeness (QED) is 0.641. The topological polar surface area (TPSA) is 58.6 Å². The molecular weight excluding hydrogens is 400 g/mol. The molecule has 4 rings (SSSR count). The number of nitrogens with one attached hydrogen (secondary N) is 1. The molecule has 164 valence electrons. The Kier molecular flexibility index (Phi) is 6.26. The van der Waals surface area contributed by atoms with Crippen LogP contribution >= 0.6 is 0 Å². The highest BCUT2D eigenvalue weighted by Crippen LogP contribution is 2.37. The summed E-state index contributed by atoms with van der Waals surface area (Å²) >= 11 is 0. The molecule has 1 aliphatic rings. The Labute approximate surface area is 189 Å². The number of hydrogen-bond acceptors (Lipinski definition) is 3. The summed E-state index contributed by atoms with van der Waals surface area (Å²) in [5, 5.41) is 2.83. The van der Waals surface area contributed by atoms with E-state index in [0.717, 1.165) is 16.7 Å². The van der Waals surface area contributed by atoms with Gasteiger partial charge in [0.1, 0.15) is 5.75 Å². The molecular formula is C27H28N2O3. The second-order valence-corrected chi connectivity index (χ2v) is 8.28. The summed E-state index contributed by atoms with van der Waals surface area (Å²) in [5.41, 5.74) is 3.20. The third-order valence-corrected chi connectivity index (χ3v) is 6.26. The summed E-state index contributed by atoms with van der Waals surface area (Å²) in [7, 11) is 3.22. The van der Waals surface area contributed by atoms with Crippen LogP contribution in [-0.4, -0.2) is 44.0 Å². The lowest BCUT2D eigenvalue weighted by Gasteiger charge is -2.28. The number of benzene rings is 3. The fraction of sp³-hybridized carbons (Fsp3) is 0.259. The zero-order chi connectivity index (χ0) is 22.6. The summed E-state index contributed by atoms with van der Waals surface area (Å²) in [4.78, 5) is 28.1. The van der Waals surface area contributed by atoms with Gasteiger partial charge >= 0.3 is 0 Å². The Hall–Kier alpha value is -3.60. The van der Waals surface area contributed by atoms with Crippen LogP contribution in [0.25, 0.3) is 11.1 Å². The minimum atomic E-state index is -0.665. The molecule has 1 heterocycles. The predicted octanol–water partition coefficient (Wildman–Crippen LogP) is 4.18. The SMILES string of the molecule is CNC(=O)C1(Cc2cccc(-c3ccccc3)c2)CCN(C(=O)c2ccccc2OC)C1. The average Bonchev–Trinajstić information content (AvgIpc) is 3.28. The van der Waals surface area contributed by atoms with Crippen LogP contribution in [0.15, 0.2) is 78.9 Å². The van der Waals surface area contributed by atoms with Crippen LogP contribution in [0.3, 0.4) is 0 Å². The molecule has 0 radical (unpaired) electrons. The Balaban J connectivity index is 1.60. The molecule has 1 aliphatic heterocycles. The van der Waals surface area contributed by atoms with Gasteiger partial charge in [0.05, 0.1) is 18.1 Å². The monoisotopic (exact) mass is 428 g/mol. The van der Waals surface area contributed by atoms with E-state index in [2.05, 4.69) is 35.6 Å². The van der Waals surface area contributed by atoms with Gasteiger partial charge in [-0.1, -0.05) is 66.7 Å². The number of ether oxygens (including phenoxy) is 1. The van der Waals surface area contributed by atoms with Gasteiger partial charge in [-0.05, 0) is 41.7 Å². The van der Waals surface area contributed by atoms with Crippen molar-refractivity contribution in [3.05, 3.63) is 90.0 Å². The van der Waals surface area contributed by atoms with Crippen molar-refractivity contribution < 1.29 is 14.3 Å². The van der Waals surface area contributed by atoms with Gasteiger partial charge < -0.3 is 15.0 Å². The maximum absolute atomic E-state index is 13.2. The normalized spacial score (nSPS) is 17.8. The zero-order valence-electron chi connectivity index (χ0n) is 18.5. The predicted molar refractivity (Wildman–Crippen MR) is 126 cm³/mol. The molecule has 0 aromatic heterocycles. The van der Waals surface area contributed by atoms with Crippen molar-refractivity contribution in [2.24, 2.45) is 5.41 Å². The minimum absolute atomic E-state index is 0.0297. The lowest BCUT2D eigenvalue weighted by molar-refractivity contribution is -0.129. The van der Waals surface area contributed by atoms with Crippen LogP contribution in [0.5, 0.6) is 5.75 Å². The van der Waals surface area contributed by atoms with Crippen LogP contribution in [0.4, 0.5) is 0 Å². The van der Waals surface area contributed by atoms with E-state index in [0.29, 0.717) is 37.2 Å². The molecule has 5 nitrogen and oxygen atoms in total. The van der Waals surface area contributed by atoms with Crippen molar-refractivity contribution in [3.63, 3.8) is 0 Å². The minimum Gasteiger partial charge on any atom is -0.496 e. The lowest BCUT2D eigenvalue weighted by Crippen LogP contribution is -2.44. The first-order chi connectivity index (χ1) is 15.6. The van der Waals surface area contributed by atoms with E-state index in [1.54, 1.807) is 31.2 Å². The highest BCUT2D eigenvalue weighted by Gasteiger charge is 2.46. The summed E-state index contributed by atoms with van der Waals surface area (Å²) in [6, 6.07) is 25.7. The number of likely N-dealkylation sites (tertiary alicyclic amines) is 1. The van der Waals surface area contributed by atoms with Crippen LogP contribution < -0.4 is 10.1 Å². The first-order valence-electron chi connectivity index (χ1n) is 10.9. The molecule has 1 atom stereocenters. The van der Waals surface area contributed by atoms with Crippen molar-refractivity contribution in [3.8, 4) is 16.9 Å². The number of nitrogens with zero attached hydrogens (tertiary/aromatic N) is 1. The van der Waals surface area contributed by atoms with Crippen LogP contribution in [0, 0.1) is 5.41 Å². The highest BCUT2D eigenvalue weighted by atomic mass is 16.5. The van der Waals surface area contributed by atoms with Gasteiger partial charge in [0.15, 0.2) is 0 Å². The maximum atomic E-state index is 13.2. The molecule has 0 aliphatic carbocycles. The summed E-state index contributed by atoms with van der Waals surface area (Å²) in [6.45, 7) is 0.905. The van der Waals surface area contributed by atoms with E-state index in [-0.39, 0.29) is 11.8 Å². The van der Waals surface area contributed by atoms with Crippen LogP contribution in [-0.2, 0) is 11.2 Å². The molecule has 0 bridgehead atoms. The van der Waals surface area contributed by atoms with Gasteiger partial charge in [0.2, 0.25) is 5.91 Å². The fourth-order valence-electron chi connectivity index (χ4n) is 4.59. The summed E-state index contributed by atoms with van der Waals surface area (Å²) in [6.07, 6.45) is 1.19. The molecule has 2 amide bonds. The molecule has 1 fully saturated rings. The third-order valence-electron chi connectivity index (χ3n) is 6.26. The van der Waals surface area contributed by atoms with Crippen molar-refractivity contribution in [2.75, 3.05) is 27.2 Å². The number of carbonyl (C=O) groups is 2. The Morgan fingerprint density at radius 3 is 2.44 bits per heavy atom. The molecule has 0 saturated carbocycles. The Morgan fingerprint density at radius 2 is 1.69 bits per heavy atom. The molecule has 0 spiro atoms. The van der Waals surface area contributed by atoms with Gasteiger partial charge in [-0.3, -0.25) is 9.59 Å². The van der Waals surface area contributed by atoms with E-state index in [1.165, 1.54) is 0 Å². The van der Waals surface area contributed by atoms with E-state index in [1.807, 2.05) is 36.4 Å². The van der Waals surface area contributed by atoms with Crippen molar-refractivity contribution in [1.29, 1.82) is 0 Å². The van der Waals surface area contributed by atoms with Gasteiger partial charge in [-0.15, -0.1) is 0 Å². The number of rotatable bonds is 6. The largest absolute Gasteiger partial charge is 0.496 e. The van der Waals surface area contributed by atoms with Crippen molar-refractivity contribution in [2.45, 2.75) is 12.8 Å². The average molecular weight is 429 g/mol. The number of hydrogen-bond donors (Lipinski definition) is 1.